The molecule has 7 nitrogen and oxygen atoms in total. The molecular weight excluding hydrogens is 322 g/mol. The highest BCUT2D eigenvalue weighted by Crippen LogP contribution is 2.19. The van der Waals surface area contributed by atoms with E-state index in [4.69, 9.17) is 15.0 Å². The highest BCUT2D eigenvalue weighted by Gasteiger charge is 2.24. The van der Waals surface area contributed by atoms with Crippen LogP contribution in [-0.4, -0.2) is 29.7 Å². The van der Waals surface area contributed by atoms with Crippen molar-refractivity contribution in [3.63, 3.8) is 0 Å². The Kier molecular flexibility index (Phi) is 9.52. The molecule has 0 fully saturated rings. The number of aromatic nitrogens is 1. The Morgan fingerprint density at radius 3 is 2.61 bits per heavy atom. The van der Waals surface area contributed by atoms with Crippen LogP contribution in [0.2, 0.25) is 0 Å². The maximum absolute atomic E-state index is 11.8. The van der Waals surface area contributed by atoms with Crippen molar-refractivity contribution in [2.75, 3.05) is 6.61 Å². The summed E-state index contributed by atoms with van der Waals surface area (Å²) in [6.07, 6.45) is 0.971. The van der Waals surface area contributed by atoms with Gasteiger partial charge in [-0.25, -0.2) is 4.79 Å². The molecule has 0 saturated heterocycles. The van der Waals surface area contributed by atoms with Crippen LogP contribution in [0.3, 0.4) is 0 Å². The molecule has 0 spiro atoms. The number of hydrogen-bond acceptors (Lipinski definition) is 6. The second kappa shape index (κ2) is 10.2. The lowest BCUT2D eigenvalue weighted by Gasteiger charge is -2.14. The van der Waals surface area contributed by atoms with E-state index in [9.17, 15) is 9.59 Å². The molecule has 1 amide bonds. The molecule has 0 aliphatic carbocycles. The Balaban J connectivity index is 0.00000484. The predicted molar refractivity (Wildman–Crippen MR) is 88.1 cm³/mol. The molecule has 0 bridgehead atoms. The number of esters is 1. The summed E-state index contributed by atoms with van der Waals surface area (Å²) in [6, 6.07) is 0.722. The predicted octanol–water partition coefficient (Wildman–Crippen LogP) is 1.75. The Bertz CT molecular complexity index is 505. The number of hydrogen-bond donors (Lipinski definition) is 2. The quantitative estimate of drug-likeness (QED) is 0.694. The van der Waals surface area contributed by atoms with Crippen molar-refractivity contribution < 1.29 is 18.8 Å². The SMILES string of the molecule is CCOC(=O)C(Cc1cc(C(N)CC(C)C)no1)NC(C)=O.Cl. The lowest BCUT2D eigenvalue weighted by Crippen LogP contribution is -2.42. The number of amides is 1. The fraction of sp³-hybridized carbons (Fsp3) is 0.667. The average molecular weight is 348 g/mol. The molecular formula is C15H26ClN3O4. The van der Waals surface area contributed by atoms with Gasteiger partial charge in [0.25, 0.3) is 0 Å². The van der Waals surface area contributed by atoms with E-state index in [1.54, 1.807) is 13.0 Å². The van der Waals surface area contributed by atoms with Crippen molar-refractivity contribution in [2.45, 2.75) is 52.6 Å². The van der Waals surface area contributed by atoms with E-state index in [0.717, 1.165) is 6.42 Å². The van der Waals surface area contributed by atoms with E-state index < -0.39 is 12.0 Å². The van der Waals surface area contributed by atoms with Crippen LogP contribution in [0.4, 0.5) is 0 Å². The van der Waals surface area contributed by atoms with Crippen LogP contribution in [0, 0.1) is 5.92 Å². The number of halogens is 1. The van der Waals surface area contributed by atoms with Gasteiger partial charge in [-0.15, -0.1) is 12.4 Å². The first-order chi connectivity index (χ1) is 10.3. The molecule has 0 aromatic carbocycles. The van der Waals surface area contributed by atoms with E-state index >= 15 is 0 Å². The molecule has 1 aromatic heterocycles. The zero-order valence-corrected chi connectivity index (χ0v) is 14.8. The van der Waals surface area contributed by atoms with Gasteiger partial charge >= 0.3 is 5.97 Å². The van der Waals surface area contributed by atoms with Crippen LogP contribution >= 0.6 is 12.4 Å². The molecule has 3 N–H and O–H groups in total. The summed E-state index contributed by atoms with van der Waals surface area (Å²) in [5.74, 6) is 0.124. The Morgan fingerprint density at radius 2 is 2.09 bits per heavy atom. The molecule has 0 aliphatic rings. The molecule has 1 heterocycles. The monoisotopic (exact) mass is 347 g/mol. The fourth-order valence-electron chi connectivity index (χ4n) is 2.11. The Labute approximate surface area is 142 Å². The average Bonchev–Trinajstić information content (AvgIpc) is 2.85. The van der Waals surface area contributed by atoms with Crippen molar-refractivity contribution in [1.29, 1.82) is 0 Å². The number of ether oxygens (including phenoxy) is 1. The van der Waals surface area contributed by atoms with E-state index in [2.05, 4.69) is 24.3 Å². The third-order valence-electron chi connectivity index (χ3n) is 3.04. The van der Waals surface area contributed by atoms with Crippen LogP contribution in [0.1, 0.15) is 51.6 Å². The number of carbonyl (C=O) groups is 2. The van der Waals surface area contributed by atoms with E-state index in [1.807, 2.05) is 0 Å². The molecule has 2 unspecified atom stereocenters. The minimum atomic E-state index is -0.792. The van der Waals surface area contributed by atoms with Crippen molar-refractivity contribution in [1.82, 2.24) is 10.5 Å². The van der Waals surface area contributed by atoms with E-state index in [0.29, 0.717) is 17.4 Å². The van der Waals surface area contributed by atoms with Gasteiger partial charge in [0.15, 0.2) is 0 Å². The molecule has 2 atom stereocenters. The van der Waals surface area contributed by atoms with Crippen LogP contribution in [0.25, 0.3) is 0 Å². The number of nitrogens with zero attached hydrogens (tertiary/aromatic N) is 1. The van der Waals surface area contributed by atoms with Crippen molar-refractivity contribution in [3.05, 3.63) is 17.5 Å². The van der Waals surface area contributed by atoms with Crippen molar-refractivity contribution in [2.24, 2.45) is 11.7 Å². The smallest absolute Gasteiger partial charge is 0.329 e. The van der Waals surface area contributed by atoms with Gasteiger partial charge < -0.3 is 20.3 Å². The number of carbonyl (C=O) groups excluding carboxylic acids is 2. The summed E-state index contributed by atoms with van der Waals surface area (Å²) < 4.78 is 10.2. The Hall–Kier alpha value is -1.60. The summed E-state index contributed by atoms with van der Waals surface area (Å²) in [7, 11) is 0. The molecule has 0 radical (unpaired) electrons. The minimum absolute atomic E-state index is 0. The first-order valence-electron chi connectivity index (χ1n) is 7.48. The van der Waals surface area contributed by atoms with Crippen molar-refractivity contribution in [3.8, 4) is 0 Å². The van der Waals surface area contributed by atoms with Gasteiger partial charge in [0.2, 0.25) is 5.91 Å². The van der Waals surface area contributed by atoms with Gasteiger partial charge in [0.05, 0.1) is 12.6 Å². The summed E-state index contributed by atoms with van der Waals surface area (Å²) in [6.45, 7) is 7.45. The third kappa shape index (κ3) is 7.47. The topological polar surface area (TPSA) is 107 Å². The normalized spacial score (nSPS) is 13.1. The van der Waals surface area contributed by atoms with Crippen LogP contribution in [0.15, 0.2) is 10.6 Å². The number of nitrogens with one attached hydrogen (secondary N) is 1. The summed E-state index contributed by atoms with van der Waals surface area (Å²) in [5.41, 5.74) is 6.69. The highest BCUT2D eigenvalue weighted by molar-refractivity contribution is 5.85. The van der Waals surface area contributed by atoms with Gasteiger partial charge in [0, 0.05) is 19.4 Å². The molecule has 132 valence electrons. The zero-order chi connectivity index (χ0) is 16.7. The Morgan fingerprint density at radius 1 is 1.43 bits per heavy atom. The fourth-order valence-corrected chi connectivity index (χ4v) is 2.11. The van der Waals surface area contributed by atoms with Gasteiger partial charge in [-0.1, -0.05) is 19.0 Å². The molecule has 0 saturated carbocycles. The van der Waals surface area contributed by atoms with Crippen molar-refractivity contribution >= 4 is 24.3 Å². The highest BCUT2D eigenvalue weighted by atomic mass is 35.5. The van der Waals surface area contributed by atoms with E-state index in [-0.39, 0.29) is 37.4 Å². The second-order valence-electron chi connectivity index (χ2n) is 5.66. The molecule has 23 heavy (non-hydrogen) atoms. The molecule has 0 aliphatic heterocycles. The van der Waals surface area contributed by atoms with Crippen LogP contribution in [-0.2, 0) is 20.7 Å². The van der Waals surface area contributed by atoms with Gasteiger partial charge in [0.1, 0.15) is 17.5 Å². The standard InChI is InChI=1S/C15H25N3O4.ClH/c1-5-21-15(20)14(17-10(4)19)8-11-7-13(18-22-11)12(16)6-9(2)3;/h7,9,12,14H,5-6,8,16H2,1-4H3,(H,17,19);1H. The molecule has 8 heteroatoms. The summed E-state index contributed by atoms with van der Waals surface area (Å²) in [4.78, 5) is 23.0. The maximum atomic E-state index is 11.8. The largest absolute Gasteiger partial charge is 0.464 e. The van der Waals surface area contributed by atoms with E-state index in [1.165, 1.54) is 6.92 Å². The van der Waals surface area contributed by atoms with Crippen LogP contribution in [0.5, 0.6) is 0 Å². The second-order valence-corrected chi connectivity index (χ2v) is 5.66. The maximum Gasteiger partial charge on any atom is 0.329 e. The zero-order valence-electron chi connectivity index (χ0n) is 14.0. The minimum Gasteiger partial charge on any atom is -0.464 e. The lowest BCUT2D eigenvalue weighted by atomic mass is 10.0. The summed E-state index contributed by atoms with van der Waals surface area (Å²) >= 11 is 0. The summed E-state index contributed by atoms with van der Waals surface area (Å²) in [5, 5.41) is 6.49. The van der Waals surface area contributed by atoms with Gasteiger partial charge in [-0.3, -0.25) is 4.79 Å². The lowest BCUT2D eigenvalue weighted by molar-refractivity contribution is -0.147. The third-order valence-corrected chi connectivity index (χ3v) is 3.04. The molecule has 1 rings (SSSR count). The van der Waals surface area contributed by atoms with Crippen LogP contribution < -0.4 is 11.1 Å². The number of rotatable bonds is 8. The molecule has 1 aromatic rings. The first-order valence-corrected chi connectivity index (χ1v) is 7.48. The number of nitrogens with two attached hydrogens (primary N) is 1. The van der Waals surface area contributed by atoms with Gasteiger partial charge in [-0.05, 0) is 19.3 Å². The van der Waals surface area contributed by atoms with Gasteiger partial charge in [-0.2, -0.15) is 0 Å². The first kappa shape index (κ1) is 21.4.